The lowest BCUT2D eigenvalue weighted by atomic mass is 9.99. The molecule has 0 aromatic heterocycles. The summed E-state index contributed by atoms with van der Waals surface area (Å²) in [7, 11) is 0. The van der Waals surface area contributed by atoms with Gasteiger partial charge in [-0.2, -0.15) is 0 Å². The molecule has 2 heterocycles. The zero-order chi connectivity index (χ0) is 21.5. The second kappa shape index (κ2) is 11.2. The Morgan fingerprint density at radius 1 is 0.871 bits per heavy atom. The third kappa shape index (κ3) is 6.36. The fourth-order valence-electron chi connectivity index (χ4n) is 5.14. The van der Waals surface area contributed by atoms with Gasteiger partial charge in [0.15, 0.2) is 0 Å². The van der Waals surface area contributed by atoms with E-state index < -0.39 is 0 Å². The van der Waals surface area contributed by atoms with Gasteiger partial charge in [-0.25, -0.2) is 4.39 Å². The molecule has 0 bridgehead atoms. The van der Waals surface area contributed by atoms with E-state index in [1.165, 1.54) is 43.6 Å². The highest BCUT2D eigenvalue weighted by Gasteiger charge is 2.32. The Labute approximate surface area is 186 Å². The number of rotatable bonds is 8. The van der Waals surface area contributed by atoms with E-state index in [4.69, 9.17) is 0 Å². The summed E-state index contributed by atoms with van der Waals surface area (Å²) in [6, 6.07) is 18.6. The lowest BCUT2D eigenvalue weighted by Gasteiger charge is -2.46. The minimum Gasteiger partial charge on any atom is -0.396 e. The van der Waals surface area contributed by atoms with E-state index in [2.05, 4.69) is 45.0 Å². The van der Waals surface area contributed by atoms with Gasteiger partial charge < -0.3 is 10.0 Å². The summed E-state index contributed by atoms with van der Waals surface area (Å²) in [5.41, 5.74) is 2.57. The molecule has 0 spiro atoms. The van der Waals surface area contributed by atoms with Gasteiger partial charge in [0.05, 0.1) is 0 Å². The fraction of sp³-hybridized carbons (Fsp3) is 0.538. The highest BCUT2D eigenvalue weighted by Crippen LogP contribution is 2.23. The Hall–Kier alpha value is -1.79. The van der Waals surface area contributed by atoms with Crippen LogP contribution in [0.4, 0.5) is 4.39 Å². The van der Waals surface area contributed by atoms with Crippen LogP contribution in [-0.4, -0.2) is 77.8 Å². The molecule has 0 saturated carbocycles. The van der Waals surface area contributed by atoms with Crippen LogP contribution in [-0.2, 0) is 13.0 Å². The minimum absolute atomic E-state index is 0.185. The van der Waals surface area contributed by atoms with Crippen molar-refractivity contribution in [3.63, 3.8) is 0 Å². The van der Waals surface area contributed by atoms with E-state index in [1.807, 2.05) is 12.1 Å². The SMILES string of the molecule is OCC[C@@H]1CN(C2CCN(CCc3ccccc3)CC2)CCN1Cc1ccc(F)cc1. The van der Waals surface area contributed by atoms with E-state index in [0.29, 0.717) is 12.1 Å². The number of aliphatic hydroxyl groups excluding tert-OH is 1. The Kier molecular flexibility index (Phi) is 8.09. The number of benzene rings is 2. The largest absolute Gasteiger partial charge is 0.396 e. The van der Waals surface area contributed by atoms with E-state index >= 15 is 0 Å². The molecule has 2 aliphatic heterocycles. The first kappa shape index (κ1) is 22.4. The van der Waals surface area contributed by atoms with Crippen molar-refractivity contribution >= 4 is 0 Å². The molecule has 1 atom stereocenters. The summed E-state index contributed by atoms with van der Waals surface area (Å²) in [6.45, 7) is 7.67. The molecule has 2 saturated heterocycles. The summed E-state index contributed by atoms with van der Waals surface area (Å²) in [5, 5.41) is 9.62. The molecular weight excluding hydrogens is 389 g/mol. The van der Waals surface area contributed by atoms with Crippen molar-refractivity contribution in [2.45, 2.75) is 44.3 Å². The lowest BCUT2D eigenvalue weighted by molar-refractivity contribution is 0.0132. The number of piperidine rings is 1. The number of hydrogen-bond acceptors (Lipinski definition) is 4. The maximum Gasteiger partial charge on any atom is 0.123 e. The van der Waals surface area contributed by atoms with Crippen molar-refractivity contribution in [1.29, 1.82) is 0 Å². The maximum atomic E-state index is 13.2. The van der Waals surface area contributed by atoms with Crippen molar-refractivity contribution < 1.29 is 9.50 Å². The van der Waals surface area contributed by atoms with Gasteiger partial charge in [-0.05, 0) is 62.0 Å². The predicted molar refractivity (Wildman–Crippen MR) is 123 cm³/mol. The zero-order valence-electron chi connectivity index (χ0n) is 18.5. The average molecular weight is 426 g/mol. The first-order chi connectivity index (χ1) is 15.2. The third-order valence-corrected chi connectivity index (χ3v) is 7.03. The van der Waals surface area contributed by atoms with Crippen molar-refractivity contribution in [2.75, 3.05) is 45.9 Å². The second-order valence-corrected chi connectivity index (χ2v) is 9.07. The Balaban J connectivity index is 1.25. The van der Waals surface area contributed by atoms with Gasteiger partial charge in [-0.1, -0.05) is 42.5 Å². The van der Waals surface area contributed by atoms with Gasteiger partial charge in [0.1, 0.15) is 5.82 Å². The van der Waals surface area contributed by atoms with Crippen LogP contribution in [0.15, 0.2) is 54.6 Å². The smallest absolute Gasteiger partial charge is 0.123 e. The highest BCUT2D eigenvalue weighted by atomic mass is 19.1. The molecule has 2 aliphatic rings. The van der Waals surface area contributed by atoms with Crippen LogP contribution in [0.1, 0.15) is 30.4 Å². The summed E-state index contributed by atoms with van der Waals surface area (Å²) in [4.78, 5) is 7.74. The molecule has 5 heteroatoms. The van der Waals surface area contributed by atoms with E-state index in [1.54, 1.807) is 0 Å². The number of nitrogens with zero attached hydrogens (tertiary/aromatic N) is 3. The van der Waals surface area contributed by atoms with Gasteiger partial charge in [0, 0.05) is 51.4 Å². The molecule has 4 nitrogen and oxygen atoms in total. The Bertz CT molecular complexity index is 777. The molecule has 2 fully saturated rings. The summed E-state index contributed by atoms with van der Waals surface area (Å²) in [6.07, 6.45) is 4.40. The molecular formula is C26H36FN3O. The molecule has 1 N–H and O–H groups in total. The van der Waals surface area contributed by atoms with Crippen molar-refractivity contribution in [3.8, 4) is 0 Å². The van der Waals surface area contributed by atoms with E-state index in [0.717, 1.165) is 51.1 Å². The molecule has 168 valence electrons. The van der Waals surface area contributed by atoms with E-state index in [-0.39, 0.29) is 12.4 Å². The molecule has 0 radical (unpaired) electrons. The van der Waals surface area contributed by atoms with Crippen LogP contribution in [0.5, 0.6) is 0 Å². The fourth-order valence-corrected chi connectivity index (χ4v) is 5.14. The highest BCUT2D eigenvalue weighted by molar-refractivity contribution is 5.16. The van der Waals surface area contributed by atoms with E-state index in [9.17, 15) is 9.50 Å². The number of aliphatic hydroxyl groups is 1. The third-order valence-electron chi connectivity index (χ3n) is 7.03. The first-order valence-electron chi connectivity index (χ1n) is 11.8. The number of piperazine rings is 1. The van der Waals surface area contributed by atoms with Crippen molar-refractivity contribution in [1.82, 2.24) is 14.7 Å². The summed E-state index contributed by atoms with van der Waals surface area (Å²) in [5.74, 6) is -0.185. The quantitative estimate of drug-likeness (QED) is 0.702. The van der Waals surface area contributed by atoms with Crippen LogP contribution in [0, 0.1) is 5.82 Å². The van der Waals surface area contributed by atoms with Crippen LogP contribution >= 0.6 is 0 Å². The predicted octanol–water partition coefficient (Wildman–Crippen LogP) is 3.40. The molecule has 2 aromatic rings. The monoisotopic (exact) mass is 425 g/mol. The zero-order valence-corrected chi connectivity index (χ0v) is 18.5. The molecule has 0 amide bonds. The Morgan fingerprint density at radius 3 is 2.32 bits per heavy atom. The number of hydrogen-bond donors (Lipinski definition) is 1. The molecule has 0 unspecified atom stereocenters. The molecule has 4 rings (SSSR count). The van der Waals surface area contributed by atoms with Gasteiger partial charge in [-0.3, -0.25) is 9.80 Å². The van der Waals surface area contributed by atoms with Crippen LogP contribution in [0.3, 0.4) is 0 Å². The van der Waals surface area contributed by atoms with Gasteiger partial charge in [0.25, 0.3) is 0 Å². The van der Waals surface area contributed by atoms with Crippen LogP contribution < -0.4 is 0 Å². The molecule has 0 aliphatic carbocycles. The first-order valence-corrected chi connectivity index (χ1v) is 11.8. The van der Waals surface area contributed by atoms with Gasteiger partial charge >= 0.3 is 0 Å². The number of likely N-dealkylation sites (tertiary alicyclic amines) is 1. The average Bonchev–Trinajstić information content (AvgIpc) is 2.81. The lowest BCUT2D eigenvalue weighted by Crippen LogP contribution is -2.57. The normalized spacial score (nSPS) is 22.1. The van der Waals surface area contributed by atoms with Gasteiger partial charge in [-0.15, -0.1) is 0 Å². The topological polar surface area (TPSA) is 30.0 Å². The van der Waals surface area contributed by atoms with Crippen LogP contribution in [0.2, 0.25) is 0 Å². The van der Waals surface area contributed by atoms with Crippen molar-refractivity contribution in [2.24, 2.45) is 0 Å². The van der Waals surface area contributed by atoms with Gasteiger partial charge in [0.2, 0.25) is 0 Å². The van der Waals surface area contributed by atoms with Crippen LogP contribution in [0.25, 0.3) is 0 Å². The molecule has 2 aromatic carbocycles. The molecule has 31 heavy (non-hydrogen) atoms. The Morgan fingerprint density at radius 2 is 1.61 bits per heavy atom. The number of halogens is 1. The standard InChI is InChI=1S/C26H36FN3O/c27-24-8-6-23(7-9-24)20-29-17-18-30(21-26(29)13-19-31)25-11-15-28(16-12-25)14-10-22-4-2-1-3-5-22/h1-9,25-26,31H,10-21H2/t26-/m1/s1. The minimum atomic E-state index is -0.185. The second-order valence-electron chi connectivity index (χ2n) is 9.07. The maximum absolute atomic E-state index is 13.2. The summed E-state index contributed by atoms with van der Waals surface area (Å²) < 4.78 is 13.2. The van der Waals surface area contributed by atoms with Crippen molar-refractivity contribution in [3.05, 3.63) is 71.5 Å². The summed E-state index contributed by atoms with van der Waals surface area (Å²) >= 11 is 0.